The molecule has 3 aliphatic heterocycles. The van der Waals surface area contributed by atoms with E-state index in [0.29, 0.717) is 4.90 Å². The third-order valence-corrected chi connectivity index (χ3v) is 6.42. The molecule has 34 heavy (non-hydrogen) atoms. The summed E-state index contributed by atoms with van der Waals surface area (Å²) in [5.74, 6) is -3.21. The van der Waals surface area contributed by atoms with Crippen molar-refractivity contribution in [3.05, 3.63) is 32.6 Å². The molecule has 1 aromatic rings. The summed E-state index contributed by atoms with van der Waals surface area (Å²) < 4.78 is 56.7. The van der Waals surface area contributed by atoms with E-state index in [2.05, 4.69) is 4.98 Å². The van der Waals surface area contributed by atoms with Crippen LogP contribution in [0.2, 0.25) is 0 Å². The number of hydrogen-bond donors (Lipinski definition) is 4. The minimum absolute atomic E-state index is 0.00850. The lowest BCUT2D eigenvalue weighted by atomic mass is 9.85. The van der Waals surface area contributed by atoms with Crippen molar-refractivity contribution in [2.24, 2.45) is 5.92 Å². The topological polar surface area (TPSA) is 164 Å². The van der Waals surface area contributed by atoms with Crippen molar-refractivity contribution in [1.82, 2.24) is 14.5 Å². The van der Waals surface area contributed by atoms with E-state index in [1.807, 2.05) is 0 Å². The molecule has 7 atom stereocenters. The van der Waals surface area contributed by atoms with Gasteiger partial charge >= 0.3 is 17.8 Å². The number of amides is 1. The molecule has 0 radical (unpaired) electrons. The van der Waals surface area contributed by atoms with Crippen molar-refractivity contribution in [3.63, 3.8) is 0 Å². The number of piperidine rings is 1. The summed E-state index contributed by atoms with van der Waals surface area (Å²) in [5.41, 5.74) is -2.89. The molecule has 4 rings (SSSR count). The van der Waals surface area contributed by atoms with E-state index in [0.717, 1.165) is 4.57 Å². The standard InChI is InChI=1S/C19H24F3N3O9/c1-8-3-25(17(31)23-14(8)29)12-2-10(27)11(33-12)5-32-15-9-4-24(16(30)19(20,21)22)6-18(7-26,34-15)13(9)28/h3,9-13,15,26-28H,2,4-7H2,1H3,(H,23,29,31)/t9-,10+,11-,12-,13+,15-,18-/m1/s1. The Morgan fingerprint density at radius 3 is 2.71 bits per heavy atom. The Morgan fingerprint density at radius 1 is 1.35 bits per heavy atom. The predicted octanol–water partition coefficient (Wildman–Crippen LogP) is -2.02. The summed E-state index contributed by atoms with van der Waals surface area (Å²) in [4.78, 5) is 37.9. The van der Waals surface area contributed by atoms with Crippen LogP contribution in [0.25, 0.3) is 0 Å². The highest BCUT2D eigenvalue weighted by Gasteiger charge is 2.61. The van der Waals surface area contributed by atoms with Crippen molar-refractivity contribution in [2.45, 2.75) is 56.0 Å². The maximum Gasteiger partial charge on any atom is 0.471 e. The fourth-order valence-corrected chi connectivity index (χ4v) is 4.58. The number of alkyl halides is 3. The van der Waals surface area contributed by atoms with Gasteiger partial charge in [0.15, 0.2) is 6.29 Å². The largest absolute Gasteiger partial charge is 0.471 e. The number of nitrogens with zero attached hydrogens (tertiary/aromatic N) is 2. The zero-order valence-electron chi connectivity index (χ0n) is 17.9. The molecule has 3 saturated heterocycles. The van der Waals surface area contributed by atoms with E-state index in [1.165, 1.54) is 13.1 Å². The summed E-state index contributed by atoms with van der Waals surface area (Å²) in [7, 11) is 0. The summed E-state index contributed by atoms with van der Waals surface area (Å²) in [5, 5.41) is 30.6. The number of aliphatic hydroxyl groups is 3. The number of H-pyrrole nitrogens is 1. The fourth-order valence-electron chi connectivity index (χ4n) is 4.58. The molecule has 0 aliphatic carbocycles. The number of fused-ring (bicyclic) bond motifs is 2. The van der Waals surface area contributed by atoms with Crippen LogP contribution in [0.15, 0.2) is 15.8 Å². The Morgan fingerprint density at radius 2 is 2.06 bits per heavy atom. The number of aromatic amines is 1. The number of carbonyl (C=O) groups is 1. The molecule has 0 unspecified atom stereocenters. The van der Waals surface area contributed by atoms with E-state index in [1.54, 1.807) is 0 Å². The molecule has 15 heteroatoms. The van der Waals surface area contributed by atoms with E-state index < -0.39 is 85.4 Å². The maximum atomic E-state index is 12.9. The first kappa shape index (κ1) is 24.8. The smallest absolute Gasteiger partial charge is 0.393 e. The molecule has 0 spiro atoms. The van der Waals surface area contributed by atoms with Gasteiger partial charge in [0.2, 0.25) is 0 Å². The Kier molecular flexibility index (Phi) is 6.37. The summed E-state index contributed by atoms with van der Waals surface area (Å²) in [6, 6.07) is 0. The van der Waals surface area contributed by atoms with E-state index in [-0.39, 0.29) is 18.6 Å². The van der Waals surface area contributed by atoms with Crippen LogP contribution < -0.4 is 11.2 Å². The van der Waals surface area contributed by atoms with Gasteiger partial charge in [0.25, 0.3) is 5.56 Å². The van der Waals surface area contributed by atoms with E-state index in [4.69, 9.17) is 14.2 Å². The SMILES string of the molecule is Cc1cn([C@H]2C[C@H](O)[C@@H](CO[C@@H]3O[C@@]4(CO)CN(C(=O)C(F)(F)F)C[C@@H]3[C@@H]4O)O2)c(=O)[nH]c1=O. The van der Waals surface area contributed by atoms with Crippen LogP contribution in [0.5, 0.6) is 0 Å². The molecule has 0 aromatic carbocycles. The molecule has 1 aromatic heterocycles. The van der Waals surface area contributed by atoms with Crippen LogP contribution in [-0.2, 0) is 19.0 Å². The number of nitrogens with one attached hydrogen (secondary N) is 1. The number of aromatic nitrogens is 2. The number of hydrogen-bond acceptors (Lipinski definition) is 9. The van der Waals surface area contributed by atoms with Crippen LogP contribution in [0.3, 0.4) is 0 Å². The lowest BCUT2D eigenvalue weighted by molar-refractivity contribution is -0.208. The molecule has 3 aliphatic rings. The minimum atomic E-state index is -5.14. The third kappa shape index (κ3) is 4.27. The molecule has 12 nitrogen and oxygen atoms in total. The van der Waals surface area contributed by atoms with Gasteiger partial charge in [0.1, 0.15) is 17.9 Å². The highest BCUT2D eigenvalue weighted by Crippen LogP contribution is 2.42. The third-order valence-electron chi connectivity index (χ3n) is 6.42. The number of ether oxygens (including phenoxy) is 3. The normalized spacial score (nSPS) is 35.7. The van der Waals surface area contributed by atoms with Gasteiger partial charge < -0.3 is 34.4 Å². The highest BCUT2D eigenvalue weighted by atomic mass is 19.4. The Hall–Kier alpha value is -2.30. The lowest BCUT2D eigenvalue weighted by Crippen LogP contribution is -2.61. The van der Waals surface area contributed by atoms with Crippen molar-refractivity contribution in [2.75, 3.05) is 26.3 Å². The average Bonchev–Trinajstić information content (AvgIpc) is 3.18. The molecular formula is C19H24F3N3O9. The quantitative estimate of drug-likeness (QED) is 0.361. The van der Waals surface area contributed by atoms with Gasteiger partial charge in [-0.05, 0) is 6.92 Å². The zero-order chi connectivity index (χ0) is 25.0. The molecule has 190 valence electrons. The highest BCUT2D eigenvalue weighted by molar-refractivity contribution is 5.82. The van der Waals surface area contributed by atoms with Gasteiger partial charge in [-0.25, -0.2) is 4.79 Å². The van der Waals surface area contributed by atoms with Crippen LogP contribution in [-0.4, -0.2) is 98.4 Å². The monoisotopic (exact) mass is 495 g/mol. The van der Waals surface area contributed by atoms with Gasteiger partial charge in [0.05, 0.1) is 37.9 Å². The molecule has 4 N–H and O–H groups in total. The van der Waals surface area contributed by atoms with Crippen molar-refractivity contribution >= 4 is 5.91 Å². The van der Waals surface area contributed by atoms with Crippen LogP contribution in [0.4, 0.5) is 13.2 Å². The molecule has 2 bridgehead atoms. The van der Waals surface area contributed by atoms with E-state index in [9.17, 15) is 42.9 Å². The molecule has 0 saturated carbocycles. The first-order valence-corrected chi connectivity index (χ1v) is 10.5. The Bertz CT molecular complexity index is 1060. The van der Waals surface area contributed by atoms with Gasteiger partial charge in [-0.3, -0.25) is 19.1 Å². The van der Waals surface area contributed by atoms with Gasteiger partial charge in [0, 0.05) is 24.7 Å². The number of likely N-dealkylation sites (tertiary alicyclic amines) is 1. The van der Waals surface area contributed by atoms with Crippen LogP contribution in [0, 0.1) is 12.8 Å². The Labute approximate surface area is 189 Å². The lowest BCUT2D eigenvalue weighted by Gasteiger charge is -2.40. The van der Waals surface area contributed by atoms with Crippen molar-refractivity contribution in [1.29, 1.82) is 0 Å². The van der Waals surface area contributed by atoms with Gasteiger partial charge in [-0.1, -0.05) is 0 Å². The molecule has 1 amide bonds. The fraction of sp³-hybridized carbons (Fsp3) is 0.737. The molecule has 4 heterocycles. The Balaban J connectivity index is 1.44. The van der Waals surface area contributed by atoms with Gasteiger partial charge in [-0.2, -0.15) is 13.2 Å². The van der Waals surface area contributed by atoms with E-state index >= 15 is 0 Å². The van der Waals surface area contributed by atoms with Crippen LogP contribution in [0.1, 0.15) is 18.2 Å². The average molecular weight is 495 g/mol. The summed E-state index contributed by atoms with van der Waals surface area (Å²) >= 11 is 0. The maximum absolute atomic E-state index is 12.9. The molecular weight excluding hydrogens is 471 g/mol. The number of carbonyl (C=O) groups excluding carboxylic acids is 1. The molecule has 3 fully saturated rings. The van der Waals surface area contributed by atoms with Crippen molar-refractivity contribution < 1.29 is 47.5 Å². The first-order chi connectivity index (χ1) is 15.9. The number of halogens is 3. The minimum Gasteiger partial charge on any atom is -0.393 e. The zero-order valence-corrected chi connectivity index (χ0v) is 17.9. The van der Waals surface area contributed by atoms with Crippen LogP contribution >= 0.6 is 0 Å². The predicted molar refractivity (Wildman–Crippen MR) is 103 cm³/mol. The second-order valence-corrected chi connectivity index (χ2v) is 8.75. The first-order valence-electron chi connectivity index (χ1n) is 10.5. The second-order valence-electron chi connectivity index (χ2n) is 8.75. The van der Waals surface area contributed by atoms with Crippen molar-refractivity contribution in [3.8, 4) is 0 Å². The summed E-state index contributed by atoms with van der Waals surface area (Å²) in [6.07, 6.45) is -9.52. The number of aryl methyl sites for hydroxylation is 1. The second kappa shape index (κ2) is 8.73. The summed E-state index contributed by atoms with van der Waals surface area (Å²) in [6.45, 7) is -0.888. The van der Waals surface area contributed by atoms with Gasteiger partial charge in [-0.15, -0.1) is 0 Å². The number of rotatable bonds is 5. The number of aliphatic hydroxyl groups excluding tert-OH is 3.